The van der Waals surface area contributed by atoms with Crippen molar-refractivity contribution in [1.29, 1.82) is 0 Å². The number of nitrogens with zero attached hydrogens (tertiary/aromatic N) is 4. The molecule has 38 heavy (non-hydrogen) atoms. The van der Waals surface area contributed by atoms with Crippen molar-refractivity contribution in [3.8, 4) is 23.0 Å². The molecule has 2 aromatic heterocycles. The molecule has 0 atom stereocenters. The van der Waals surface area contributed by atoms with Crippen LogP contribution in [0.15, 0.2) is 40.7 Å². The predicted octanol–water partition coefficient (Wildman–Crippen LogP) is 5.96. The summed E-state index contributed by atoms with van der Waals surface area (Å²) >= 11 is 20.8. The van der Waals surface area contributed by atoms with Crippen molar-refractivity contribution in [2.24, 2.45) is 9.98 Å². The average molecular weight is 681 g/mol. The van der Waals surface area contributed by atoms with Gasteiger partial charge in [-0.1, -0.05) is 23.2 Å². The Bertz CT molecular complexity index is 2160. The molecule has 2 N–H and O–H groups in total. The van der Waals surface area contributed by atoms with Gasteiger partial charge in [-0.3, -0.25) is 9.13 Å². The third-order valence-electron chi connectivity index (χ3n) is 6.63. The summed E-state index contributed by atoms with van der Waals surface area (Å²) in [6.45, 7) is 4.70. The van der Waals surface area contributed by atoms with Gasteiger partial charge in [-0.25, -0.2) is 19.6 Å². The van der Waals surface area contributed by atoms with E-state index in [9.17, 15) is 9.59 Å². The number of fused-ring (bicyclic) bond motifs is 6. The number of aryl methyl sites for hydroxylation is 2. The van der Waals surface area contributed by atoms with Gasteiger partial charge in [0.15, 0.2) is 23.0 Å². The highest BCUT2D eigenvalue weighted by molar-refractivity contribution is 9.11. The molecular weight excluding hydrogens is 667 g/mol. The van der Waals surface area contributed by atoms with Crippen molar-refractivity contribution in [3.63, 3.8) is 0 Å². The number of aromatic nitrogens is 4. The molecule has 0 spiro atoms. The summed E-state index contributed by atoms with van der Waals surface area (Å²) in [4.78, 5) is 40.0. The first-order valence-electron chi connectivity index (χ1n) is 11.5. The number of hydrogen-bond acceptors (Lipinski definition) is 6. The van der Waals surface area contributed by atoms with E-state index >= 15 is 0 Å². The Labute approximate surface area is 238 Å². The van der Waals surface area contributed by atoms with Crippen LogP contribution in [0.5, 0.6) is 23.0 Å². The van der Waals surface area contributed by atoms with Crippen LogP contribution in [-0.2, 0) is 13.1 Å². The molecule has 3 aromatic carbocycles. The molecule has 0 saturated heterocycles. The third kappa shape index (κ3) is 3.05. The summed E-state index contributed by atoms with van der Waals surface area (Å²) in [7, 11) is 0. The lowest BCUT2D eigenvalue weighted by molar-refractivity contribution is 0.450. The fourth-order valence-corrected chi connectivity index (χ4v) is 6.71. The second kappa shape index (κ2) is 8.22. The van der Waals surface area contributed by atoms with Crippen molar-refractivity contribution in [2.75, 3.05) is 0 Å². The molecule has 0 unspecified atom stereocenters. The Kier molecular flexibility index (Phi) is 5.19. The van der Waals surface area contributed by atoms with E-state index in [0.29, 0.717) is 67.0 Å². The van der Waals surface area contributed by atoms with Gasteiger partial charge in [-0.2, -0.15) is 0 Å². The van der Waals surface area contributed by atoms with E-state index < -0.39 is 0 Å². The van der Waals surface area contributed by atoms with Crippen molar-refractivity contribution in [2.45, 2.75) is 26.9 Å². The maximum Gasteiger partial charge on any atom is 0.326 e. The maximum atomic E-state index is 12.4. The quantitative estimate of drug-likeness (QED) is 0.234. The fourth-order valence-electron chi connectivity index (χ4n) is 4.90. The van der Waals surface area contributed by atoms with E-state index in [0.717, 1.165) is 0 Å². The van der Waals surface area contributed by atoms with E-state index in [-0.39, 0.29) is 43.6 Å². The van der Waals surface area contributed by atoms with E-state index in [1.54, 1.807) is 21.3 Å². The summed E-state index contributed by atoms with van der Waals surface area (Å²) in [6.07, 6.45) is 0. The Hall–Kier alpha value is -3.06. The molecule has 5 aromatic rings. The molecule has 192 valence electrons. The Morgan fingerprint density at radius 3 is 2.24 bits per heavy atom. The summed E-state index contributed by atoms with van der Waals surface area (Å²) in [6, 6.07) is 3.46. The number of nitrogens with one attached hydrogen (secondary N) is 2. The van der Waals surface area contributed by atoms with Crippen LogP contribution in [0, 0.1) is 0 Å². The van der Waals surface area contributed by atoms with Crippen LogP contribution in [0.3, 0.4) is 0 Å². The second-order valence-electron chi connectivity index (χ2n) is 8.63. The number of halogens is 4. The minimum atomic E-state index is -0.241. The summed E-state index contributed by atoms with van der Waals surface area (Å²) < 4.78 is 16.8. The monoisotopic (exact) mass is 678 g/mol. The molecule has 0 amide bonds. The van der Waals surface area contributed by atoms with Gasteiger partial charge in [0, 0.05) is 19.2 Å². The molecule has 14 heteroatoms. The van der Waals surface area contributed by atoms with Crippen LogP contribution < -0.4 is 31.6 Å². The lowest BCUT2D eigenvalue weighted by atomic mass is 10.2. The lowest BCUT2D eigenvalue weighted by Gasteiger charge is -2.22. The molecule has 0 fully saturated rings. The molecule has 2 aliphatic heterocycles. The number of benzene rings is 3. The highest BCUT2D eigenvalue weighted by atomic mass is 79.9. The summed E-state index contributed by atoms with van der Waals surface area (Å²) in [5, 5.41) is 0.856. The molecule has 10 nitrogen and oxygen atoms in total. The number of rotatable bonds is 2. The van der Waals surface area contributed by atoms with E-state index in [4.69, 9.17) is 42.7 Å². The minimum absolute atomic E-state index is 0.153. The fraction of sp³-hybridized carbons (Fsp3) is 0.167. The first-order valence-corrected chi connectivity index (χ1v) is 13.8. The van der Waals surface area contributed by atoms with Gasteiger partial charge in [0.2, 0.25) is 0 Å². The summed E-state index contributed by atoms with van der Waals surface area (Å²) in [5.74, 6) is 1.22. The van der Waals surface area contributed by atoms with Gasteiger partial charge >= 0.3 is 11.4 Å². The predicted molar refractivity (Wildman–Crippen MR) is 150 cm³/mol. The number of ether oxygens (including phenoxy) is 2. The van der Waals surface area contributed by atoms with Gasteiger partial charge in [-0.15, -0.1) is 0 Å². The van der Waals surface area contributed by atoms with Gasteiger partial charge in [0.1, 0.15) is 32.1 Å². The minimum Gasteiger partial charge on any atom is -0.451 e. The molecule has 7 rings (SSSR count). The zero-order valence-electron chi connectivity index (χ0n) is 19.5. The van der Waals surface area contributed by atoms with Crippen LogP contribution in [0.1, 0.15) is 13.8 Å². The smallest absolute Gasteiger partial charge is 0.326 e. The topological polar surface area (TPSA) is 119 Å². The standard InChI is InChI=1S/C24H14Br2Cl2N6O4/c1-3-33-9-6-10-16(11(25)15(9)32-24(33)36)31-18-14(28)22-17(13(27)21(18)37-10)29-8-5-7-19(12(26)20(8)38-22)34(4-2)23(35)30-7/h5-6H,3-4H2,1-2H3,(H,30,35)(H,32,36). The van der Waals surface area contributed by atoms with Gasteiger partial charge < -0.3 is 19.4 Å². The third-order valence-corrected chi connectivity index (χ3v) is 8.84. The molecule has 0 saturated carbocycles. The zero-order valence-corrected chi connectivity index (χ0v) is 24.2. The Morgan fingerprint density at radius 1 is 0.868 bits per heavy atom. The first-order chi connectivity index (χ1) is 18.2. The van der Waals surface area contributed by atoms with E-state index in [2.05, 4.69) is 41.8 Å². The van der Waals surface area contributed by atoms with Crippen LogP contribution >= 0.6 is 55.1 Å². The SMILES string of the molecule is CCn1c(=O)[nH]c2c(Br)c3c(cc21)Oc1c(Cl)c2c(c(Cl)c1=N3)Oc1c(cc3[nH]c(=O)n(CC)c3c1Br)N=2. The van der Waals surface area contributed by atoms with E-state index in [1.165, 1.54) is 0 Å². The van der Waals surface area contributed by atoms with Gasteiger partial charge in [0.05, 0.1) is 31.0 Å². The molecule has 0 aliphatic carbocycles. The summed E-state index contributed by atoms with van der Waals surface area (Å²) in [5.41, 5.74) is 2.92. The Balaban J connectivity index is 1.50. The largest absolute Gasteiger partial charge is 0.451 e. The molecule has 2 aliphatic rings. The second-order valence-corrected chi connectivity index (χ2v) is 11.0. The normalized spacial score (nSPS) is 13.2. The van der Waals surface area contributed by atoms with Crippen LogP contribution in [0.4, 0.5) is 11.4 Å². The number of H-pyrrole nitrogens is 2. The first kappa shape index (κ1) is 24.0. The van der Waals surface area contributed by atoms with Crippen molar-refractivity contribution >= 4 is 88.5 Å². The van der Waals surface area contributed by atoms with Crippen LogP contribution in [0.2, 0.25) is 10.0 Å². The average Bonchev–Trinajstić information content (AvgIpc) is 3.40. The highest BCUT2D eigenvalue weighted by Gasteiger charge is 2.30. The van der Waals surface area contributed by atoms with Crippen molar-refractivity contribution in [3.05, 3.63) is 62.8 Å². The van der Waals surface area contributed by atoms with Crippen molar-refractivity contribution in [1.82, 2.24) is 19.1 Å². The van der Waals surface area contributed by atoms with Crippen LogP contribution in [0.25, 0.3) is 22.1 Å². The number of hydrogen-bond donors (Lipinski definition) is 2. The zero-order chi connectivity index (χ0) is 26.6. The van der Waals surface area contributed by atoms with E-state index in [1.807, 2.05) is 13.8 Å². The Morgan fingerprint density at radius 2 is 1.53 bits per heavy atom. The highest BCUT2D eigenvalue weighted by Crippen LogP contribution is 2.49. The number of imidazole rings is 2. The lowest BCUT2D eigenvalue weighted by Crippen LogP contribution is -2.22. The van der Waals surface area contributed by atoms with Gasteiger partial charge in [0.25, 0.3) is 0 Å². The molecule has 0 bridgehead atoms. The van der Waals surface area contributed by atoms with Crippen molar-refractivity contribution < 1.29 is 9.47 Å². The van der Waals surface area contributed by atoms with Crippen LogP contribution in [-0.4, -0.2) is 19.1 Å². The molecule has 0 radical (unpaired) electrons. The van der Waals surface area contributed by atoms with Gasteiger partial charge in [-0.05, 0) is 51.8 Å². The molecule has 4 heterocycles. The molecular formula is C24H14Br2Cl2N6O4. The number of aromatic amines is 2. The maximum absolute atomic E-state index is 12.4.